The Labute approximate surface area is 147 Å². The van der Waals surface area contributed by atoms with Gasteiger partial charge in [-0.15, -0.1) is 11.6 Å². The van der Waals surface area contributed by atoms with Gasteiger partial charge in [0.2, 0.25) is 11.8 Å². The fourth-order valence-electron chi connectivity index (χ4n) is 3.11. The van der Waals surface area contributed by atoms with Crippen LogP contribution >= 0.6 is 11.6 Å². The number of likely N-dealkylation sites (tertiary alicyclic amines) is 1. The van der Waals surface area contributed by atoms with Crippen LogP contribution in [0, 0.1) is 5.92 Å². The Balaban J connectivity index is 1.85. The van der Waals surface area contributed by atoms with Gasteiger partial charge in [-0.2, -0.15) is 0 Å². The highest BCUT2D eigenvalue weighted by Gasteiger charge is 2.41. The molecule has 0 spiro atoms. The fourth-order valence-corrected chi connectivity index (χ4v) is 3.18. The molecule has 24 heavy (non-hydrogen) atoms. The molecular formula is C16H26ClN3O4. The molecule has 0 aliphatic carbocycles. The van der Waals surface area contributed by atoms with Gasteiger partial charge < -0.3 is 19.4 Å². The third kappa shape index (κ3) is 4.32. The number of nitrogens with zero attached hydrogens (tertiary/aromatic N) is 3. The van der Waals surface area contributed by atoms with Gasteiger partial charge in [-0.3, -0.25) is 9.59 Å². The van der Waals surface area contributed by atoms with Crippen LogP contribution in [0.25, 0.3) is 0 Å². The van der Waals surface area contributed by atoms with Crippen LogP contribution in [0.3, 0.4) is 0 Å². The smallest absolute Gasteiger partial charge is 0.409 e. The largest absolute Gasteiger partial charge is 0.448 e. The van der Waals surface area contributed by atoms with Crippen molar-refractivity contribution in [3.05, 3.63) is 0 Å². The zero-order chi connectivity index (χ0) is 17.9. The Bertz CT molecular complexity index is 498. The van der Waals surface area contributed by atoms with Crippen LogP contribution in [0.2, 0.25) is 0 Å². The summed E-state index contributed by atoms with van der Waals surface area (Å²) >= 11 is 5.50. The minimum Gasteiger partial charge on any atom is -0.448 e. The molecular weight excluding hydrogens is 334 g/mol. The Kier molecular flexibility index (Phi) is 5.96. The predicted octanol–water partition coefficient (Wildman–Crippen LogP) is 1.15. The number of amides is 3. The third-order valence-corrected chi connectivity index (χ3v) is 4.59. The number of halogens is 1. The van der Waals surface area contributed by atoms with E-state index in [1.54, 1.807) is 14.7 Å². The van der Waals surface area contributed by atoms with Gasteiger partial charge in [0, 0.05) is 44.7 Å². The van der Waals surface area contributed by atoms with E-state index in [0.717, 1.165) is 0 Å². The number of ether oxygens (including phenoxy) is 1. The summed E-state index contributed by atoms with van der Waals surface area (Å²) in [7, 11) is 0. The molecule has 1 unspecified atom stereocenters. The average Bonchev–Trinajstić information content (AvgIpc) is 2.94. The van der Waals surface area contributed by atoms with E-state index in [1.165, 1.54) is 0 Å². The first-order chi connectivity index (χ1) is 11.2. The van der Waals surface area contributed by atoms with Crippen molar-refractivity contribution in [1.29, 1.82) is 0 Å². The van der Waals surface area contributed by atoms with E-state index in [2.05, 4.69) is 0 Å². The second kappa shape index (κ2) is 7.59. The second-order valence-corrected chi connectivity index (χ2v) is 7.57. The van der Waals surface area contributed by atoms with Crippen molar-refractivity contribution in [3.63, 3.8) is 0 Å². The van der Waals surface area contributed by atoms with Gasteiger partial charge in [-0.05, 0) is 20.8 Å². The summed E-state index contributed by atoms with van der Waals surface area (Å²) in [6.45, 7) is 8.40. The fraction of sp³-hybridized carbons (Fsp3) is 0.812. The molecule has 2 rings (SSSR count). The summed E-state index contributed by atoms with van der Waals surface area (Å²) in [5.74, 6) is 0.0176. The molecule has 136 valence electrons. The Morgan fingerprint density at radius 3 is 2.25 bits per heavy atom. The van der Waals surface area contributed by atoms with Crippen LogP contribution in [0.1, 0.15) is 27.2 Å². The van der Waals surface area contributed by atoms with Crippen LogP contribution in [0.4, 0.5) is 4.79 Å². The quantitative estimate of drug-likeness (QED) is 0.709. The molecule has 0 aromatic heterocycles. The van der Waals surface area contributed by atoms with Crippen molar-refractivity contribution in [1.82, 2.24) is 14.7 Å². The second-order valence-electron chi connectivity index (χ2n) is 7.19. The highest BCUT2D eigenvalue weighted by Crippen LogP contribution is 2.27. The predicted molar refractivity (Wildman–Crippen MR) is 89.8 cm³/mol. The number of rotatable bonds is 3. The maximum atomic E-state index is 12.7. The van der Waals surface area contributed by atoms with Crippen LogP contribution in [-0.2, 0) is 14.3 Å². The number of carbonyl (C=O) groups is 3. The van der Waals surface area contributed by atoms with Crippen LogP contribution in [0.5, 0.6) is 0 Å². The van der Waals surface area contributed by atoms with Gasteiger partial charge in [0.05, 0.1) is 11.8 Å². The number of hydrogen-bond acceptors (Lipinski definition) is 4. The molecule has 0 saturated carbocycles. The van der Waals surface area contributed by atoms with Crippen molar-refractivity contribution >= 4 is 29.5 Å². The van der Waals surface area contributed by atoms with E-state index in [9.17, 15) is 14.4 Å². The normalized spacial score (nSPS) is 22.1. The first kappa shape index (κ1) is 18.8. The van der Waals surface area contributed by atoms with Crippen LogP contribution < -0.4 is 0 Å². The van der Waals surface area contributed by atoms with Gasteiger partial charge in [0.1, 0.15) is 6.61 Å². The molecule has 2 heterocycles. The lowest BCUT2D eigenvalue weighted by Crippen LogP contribution is -2.52. The minimum absolute atomic E-state index is 0.00359. The van der Waals surface area contributed by atoms with Gasteiger partial charge in [-0.1, -0.05) is 0 Å². The summed E-state index contributed by atoms with van der Waals surface area (Å²) in [6, 6.07) is 0. The summed E-state index contributed by atoms with van der Waals surface area (Å²) in [5, 5.41) is 0. The summed E-state index contributed by atoms with van der Waals surface area (Å²) in [6.07, 6.45) is -0.119. The lowest BCUT2D eigenvalue weighted by Gasteiger charge is -2.36. The highest BCUT2D eigenvalue weighted by molar-refractivity contribution is 6.18. The number of piperazine rings is 1. The van der Waals surface area contributed by atoms with Gasteiger partial charge in [-0.25, -0.2) is 4.79 Å². The van der Waals surface area contributed by atoms with Crippen molar-refractivity contribution in [2.75, 3.05) is 45.2 Å². The van der Waals surface area contributed by atoms with Crippen LogP contribution in [0.15, 0.2) is 0 Å². The minimum atomic E-state index is -0.391. The molecule has 7 nitrogen and oxygen atoms in total. The highest BCUT2D eigenvalue weighted by atomic mass is 35.5. The lowest BCUT2D eigenvalue weighted by molar-refractivity contribution is -0.137. The van der Waals surface area contributed by atoms with E-state index < -0.39 is 6.09 Å². The molecule has 2 aliphatic rings. The third-order valence-electron chi connectivity index (χ3n) is 4.44. The monoisotopic (exact) mass is 359 g/mol. The molecule has 8 heteroatoms. The van der Waals surface area contributed by atoms with Gasteiger partial charge in [0.15, 0.2) is 0 Å². The Morgan fingerprint density at radius 1 is 1.17 bits per heavy atom. The zero-order valence-electron chi connectivity index (χ0n) is 14.6. The van der Waals surface area contributed by atoms with Crippen molar-refractivity contribution in [3.8, 4) is 0 Å². The van der Waals surface area contributed by atoms with E-state index in [4.69, 9.17) is 16.3 Å². The van der Waals surface area contributed by atoms with E-state index in [0.29, 0.717) is 32.7 Å². The first-order valence-electron chi connectivity index (χ1n) is 8.31. The van der Waals surface area contributed by atoms with E-state index in [1.807, 2.05) is 20.8 Å². The molecule has 0 aromatic carbocycles. The van der Waals surface area contributed by atoms with Gasteiger partial charge >= 0.3 is 6.09 Å². The van der Waals surface area contributed by atoms with Crippen molar-refractivity contribution in [2.24, 2.45) is 5.92 Å². The van der Waals surface area contributed by atoms with E-state index >= 15 is 0 Å². The standard InChI is InChI=1S/C16H26ClN3O4/c1-16(2,3)20-11-12(10-13(20)21)14(22)18-5-7-19(8-6-18)15(23)24-9-4-17/h12H,4-11H2,1-3H3. The molecule has 0 aromatic rings. The summed E-state index contributed by atoms with van der Waals surface area (Å²) in [5.41, 5.74) is -0.267. The summed E-state index contributed by atoms with van der Waals surface area (Å²) < 4.78 is 4.99. The van der Waals surface area contributed by atoms with Gasteiger partial charge in [0.25, 0.3) is 0 Å². The zero-order valence-corrected chi connectivity index (χ0v) is 15.3. The molecule has 1 atom stereocenters. The number of alkyl halides is 1. The molecule has 2 saturated heterocycles. The molecule has 0 radical (unpaired) electrons. The average molecular weight is 360 g/mol. The molecule has 2 aliphatic heterocycles. The number of hydrogen-bond donors (Lipinski definition) is 0. The van der Waals surface area contributed by atoms with Crippen molar-refractivity contribution < 1.29 is 19.1 Å². The molecule has 2 fully saturated rings. The topological polar surface area (TPSA) is 70.2 Å². The maximum Gasteiger partial charge on any atom is 0.409 e. The molecule has 3 amide bonds. The maximum absolute atomic E-state index is 12.7. The number of carbonyl (C=O) groups excluding carboxylic acids is 3. The lowest BCUT2D eigenvalue weighted by atomic mass is 10.1. The van der Waals surface area contributed by atoms with Crippen molar-refractivity contribution in [2.45, 2.75) is 32.7 Å². The molecule has 0 bridgehead atoms. The Morgan fingerprint density at radius 2 is 1.75 bits per heavy atom. The first-order valence-corrected chi connectivity index (χ1v) is 8.84. The summed E-state index contributed by atoms with van der Waals surface area (Å²) in [4.78, 5) is 41.7. The van der Waals surface area contributed by atoms with E-state index in [-0.39, 0.29) is 42.2 Å². The molecule has 0 N–H and O–H groups in total. The van der Waals surface area contributed by atoms with Crippen LogP contribution in [-0.4, -0.2) is 83.4 Å². The Hall–Kier alpha value is -1.50. The SMILES string of the molecule is CC(C)(C)N1CC(C(=O)N2CCN(C(=O)OCCCl)CC2)CC1=O.